The van der Waals surface area contributed by atoms with Gasteiger partial charge in [-0.15, -0.1) is 0 Å². The van der Waals surface area contributed by atoms with E-state index in [2.05, 4.69) is 58.7 Å². The fraction of sp³-hybridized carbons (Fsp3) is 0.368. The van der Waals surface area contributed by atoms with Crippen LogP contribution in [0.5, 0.6) is 0 Å². The monoisotopic (exact) mass is 353 g/mol. The Bertz CT molecular complexity index is 914. The van der Waals surface area contributed by atoms with Crippen molar-refractivity contribution in [3.05, 3.63) is 58.7 Å². The Morgan fingerprint density at radius 1 is 1.15 bits per heavy atom. The van der Waals surface area contributed by atoms with Crippen molar-refractivity contribution in [3.63, 3.8) is 0 Å². The van der Waals surface area contributed by atoms with Crippen molar-refractivity contribution in [3.8, 4) is 0 Å². The summed E-state index contributed by atoms with van der Waals surface area (Å²) in [6, 6.07) is 8.37. The van der Waals surface area contributed by atoms with Crippen LogP contribution in [-0.4, -0.2) is 39.6 Å². The summed E-state index contributed by atoms with van der Waals surface area (Å²) in [5.41, 5.74) is 4.99. The second kappa shape index (κ2) is 7.61. The highest BCUT2D eigenvalue weighted by atomic mass is 16.1. The largest absolute Gasteiger partial charge is 0.352 e. The zero-order valence-electron chi connectivity index (χ0n) is 15.7. The minimum Gasteiger partial charge on any atom is -0.352 e. The Labute approximate surface area is 153 Å². The van der Waals surface area contributed by atoms with Gasteiger partial charge in [-0.05, 0) is 19.4 Å². The molecule has 1 aromatic carbocycles. The van der Waals surface area contributed by atoms with Crippen molar-refractivity contribution in [2.45, 2.75) is 33.4 Å². The molecule has 0 aliphatic heterocycles. The highest BCUT2D eigenvalue weighted by Crippen LogP contribution is 2.13. The summed E-state index contributed by atoms with van der Waals surface area (Å²) in [4.78, 5) is 22.3. The number of hydrogen-bond donors (Lipinski definition) is 2. The second-order valence-corrected chi connectivity index (χ2v) is 6.89. The maximum atomic E-state index is 12.4. The van der Waals surface area contributed by atoms with E-state index in [1.54, 1.807) is 4.52 Å². The van der Waals surface area contributed by atoms with Crippen LogP contribution in [0.1, 0.15) is 28.1 Å². The molecule has 3 rings (SSSR count). The quantitative estimate of drug-likeness (QED) is 0.666. The van der Waals surface area contributed by atoms with E-state index >= 15 is 0 Å². The molecule has 0 radical (unpaired) electrons. The summed E-state index contributed by atoms with van der Waals surface area (Å²) in [6.07, 6.45) is 1.75. The number of nitrogens with one attached hydrogen (secondary N) is 2. The summed E-state index contributed by atoms with van der Waals surface area (Å²) >= 11 is 0. The normalized spacial score (nSPS) is 11.3. The van der Waals surface area contributed by atoms with E-state index in [-0.39, 0.29) is 12.3 Å². The van der Waals surface area contributed by atoms with Crippen molar-refractivity contribution in [1.29, 1.82) is 0 Å². The van der Waals surface area contributed by atoms with Gasteiger partial charge in [0.25, 0.3) is 5.78 Å². The van der Waals surface area contributed by atoms with Gasteiger partial charge >= 0.3 is 0 Å². The van der Waals surface area contributed by atoms with E-state index in [1.807, 2.05) is 13.8 Å². The molecule has 0 aliphatic rings. The van der Waals surface area contributed by atoms with Crippen LogP contribution >= 0.6 is 0 Å². The first-order chi connectivity index (χ1) is 12.4. The molecule has 2 heterocycles. The lowest BCUT2D eigenvalue weighted by molar-refractivity contribution is -0.872. The predicted molar refractivity (Wildman–Crippen MR) is 98.8 cm³/mol. The van der Waals surface area contributed by atoms with Crippen LogP contribution in [0.15, 0.2) is 30.6 Å². The molecule has 1 amide bonds. The van der Waals surface area contributed by atoms with Crippen molar-refractivity contribution < 1.29 is 9.69 Å². The van der Waals surface area contributed by atoms with Crippen LogP contribution in [0.4, 0.5) is 0 Å². The van der Waals surface area contributed by atoms with E-state index in [0.29, 0.717) is 12.3 Å². The second-order valence-electron chi connectivity index (χ2n) is 6.89. The maximum absolute atomic E-state index is 12.4. The Morgan fingerprint density at radius 2 is 1.85 bits per heavy atom. The van der Waals surface area contributed by atoms with E-state index in [1.165, 1.54) is 16.8 Å². The average molecular weight is 353 g/mol. The van der Waals surface area contributed by atoms with Gasteiger partial charge in [-0.3, -0.25) is 4.79 Å². The highest BCUT2D eigenvalue weighted by molar-refractivity contribution is 5.79. The summed E-state index contributed by atoms with van der Waals surface area (Å²) in [5, 5.41) is 7.15. The molecule has 0 aliphatic carbocycles. The molecule has 0 saturated heterocycles. The number of amides is 1. The topological polar surface area (TPSA) is 76.6 Å². The van der Waals surface area contributed by atoms with E-state index in [0.717, 1.165) is 29.1 Å². The summed E-state index contributed by atoms with van der Waals surface area (Å²) in [6.45, 7) is 5.34. The SMILES string of the molecule is Cc1nc2ncnn2c(C)c1CC(=O)NCc1ccc(C[NH+](C)C)cc1. The Morgan fingerprint density at radius 3 is 2.54 bits per heavy atom. The summed E-state index contributed by atoms with van der Waals surface area (Å²) in [7, 11) is 4.26. The van der Waals surface area contributed by atoms with Crippen LogP contribution < -0.4 is 10.2 Å². The number of carbonyl (C=O) groups excluding carboxylic acids is 1. The lowest BCUT2D eigenvalue weighted by atomic mass is 10.1. The zero-order chi connectivity index (χ0) is 18.7. The van der Waals surface area contributed by atoms with Gasteiger partial charge in [0.05, 0.1) is 20.5 Å². The van der Waals surface area contributed by atoms with Gasteiger partial charge in [0.15, 0.2) is 0 Å². The number of aryl methyl sites for hydroxylation is 2. The Kier molecular flexibility index (Phi) is 5.27. The first-order valence-corrected chi connectivity index (χ1v) is 8.73. The van der Waals surface area contributed by atoms with Gasteiger partial charge in [-0.1, -0.05) is 24.3 Å². The predicted octanol–water partition coefficient (Wildman–Crippen LogP) is 0.245. The van der Waals surface area contributed by atoms with Crippen molar-refractivity contribution in [2.24, 2.45) is 0 Å². The first-order valence-electron chi connectivity index (χ1n) is 8.73. The van der Waals surface area contributed by atoms with Gasteiger partial charge < -0.3 is 10.2 Å². The van der Waals surface area contributed by atoms with Gasteiger partial charge in [0.2, 0.25) is 5.91 Å². The van der Waals surface area contributed by atoms with Gasteiger partial charge in [-0.25, -0.2) is 9.50 Å². The fourth-order valence-corrected chi connectivity index (χ4v) is 3.02. The van der Waals surface area contributed by atoms with Crippen LogP contribution in [0, 0.1) is 13.8 Å². The van der Waals surface area contributed by atoms with Gasteiger partial charge in [0.1, 0.15) is 12.9 Å². The number of carbonyl (C=O) groups is 1. The lowest BCUT2D eigenvalue weighted by Crippen LogP contribution is -3.04. The minimum absolute atomic E-state index is 0.0284. The number of benzene rings is 1. The zero-order valence-corrected chi connectivity index (χ0v) is 15.7. The van der Waals surface area contributed by atoms with Crippen LogP contribution in [0.3, 0.4) is 0 Å². The molecule has 0 bridgehead atoms. The maximum Gasteiger partial charge on any atom is 0.252 e. The molecular formula is C19H25N6O+. The van der Waals surface area contributed by atoms with Crippen LogP contribution in [0.2, 0.25) is 0 Å². The third kappa shape index (κ3) is 4.05. The first kappa shape index (κ1) is 18.0. The number of quaternary nitrogens is 1. The summed E-state index contributed by atoms with van der Waals surface area (Å²) in [5.74, 6) is 0.531. The molecule has 7 nitrogen and oxygen atoms in total. The third-order valence-electron chi connectivity index (χ3n) is 4.40. The number of aromatic nitrogens is 4. The van der Waals surface area contributed by atoms with Gasteiger partial charge in [-0.2, -0.15) is 10.1 Å². The standard InChI is InChI=1S/C19H24N6O/c1-13-17(14(2)25-19(23-13)21-12-22-25)9-18(26)20-10-15-5-7-16(8-6-15)11-24(3)4/h5-8,12H,9-11H2,1-4H3,(H,20,26)/p+1. The molecule has 26 heavy (non-hydrogen) atoms. The number of nitrogens with zero attached hydrogens (tertiary/aromatic N) is 4. The molecular weight excluding hydrogens is 328 g/mol. The molecule has 7 heteroatoms. The molecule has 2 aromatic heterocycles. The molecule has 0 saturated carbocycles. The summed E-state index contributed by atoms with van der Waals surface area (Å²) < 4.78 is 1.67. The molecule has 2 N–H and O–H groups in total. The number of hydrogen-bond acceptors (Lipinski definition) is 4. The van der Waals surface area contributed by atoms with E-state index in [9.17, 15) is 4.79 Å². The molecule has 3 aromatic rings. The third-order valence-corrected chi connectivity index (χ3v) is 4.40. The fourth-order valence-electron chi connectivity index (χ4n) is 3.02. The molecule has 0 atom stereocenters. The number of rotatable bonds is 6. The highest BCUT2D eigenvalue weighted by Gasteiger charge is 2.14. The molecule has 136 valence electrons. The minimum atomic E-state index is -0.0284. The van der Waals surface area contributed by atoms with Crippen LogP contribution in [0.25, 0.3) is 5.78 Å². The van der Waals surface area contributed by atoms with Crippen molar-refractivity contribution in [1.82, 2.24) is 24.9 Å². The van der Waals surface area contributed by atoms with E-state index < -0.39 is 0 Å². The smallest absolute Gasteiger partial charge is 0.252 e. The molecule has 0 unspecified atom stereocenters. The van der Waals surface area contributed by atoms with E-state index in [4.69, 9.17) is 0 Å². The average Bonchev–Trinajstić information content (AvgIpc) is 3.06. The molecule has 0 fully saturated rings. The number of fused-ring (bicyclic) bond motifs is 1. The Balaban J connectivity index is 1.62. The van der Waals surface area contributed by atoms with Crippen molar-refractivity contribution >= 4 is 11.7 Å². The van der Waals surface area contributed by atoms with Gasteiger partial charge in [0, 0.05) is 29.1 Å². The van der Waals surface area contributed by atoms with Crippen LogP contribution in [-0.2, 0) is 24.3 Å². The molecule has 0 spiro atoms. The lowest BCUT2D eigenvalue weighted by Gasteiger charge is -2.11. The Hall–Kier alpha value is -2.80. The van der Waals surface area contributed by atoms with Crippen molar-refractivity contribution in [2.75, 3.05) is 14.1 Å².